The molecule has 0 aliphatic carbocycles. The third-order valence-corrected chi connectivity index (χ3v) is 6.45. The zero-order valence-corrected chi connectivity index (χ0v) is 20.5. The average Bonchev–Trinajstić information content (AvgIpc) is 2.85. The number of pyridine rings is 1. The Morgan fingerprint density at radius 1 is 1.22 bits per heavy atom. The molecule has 0 fully saturated rings. The fourth-order valence-electron chi connectivity index (χ4n) is 4.97. The van der Waals surface area contributed by atoms with E-state index in [9.17, 15) is 15.2 Å². The van der Waals surface area contributed by atoms with Crippen LogP contribution in [0.4, 0.5) is 4.39 Å². The first kappa shape index (κ1) is 23.7. The molecule has 6 nitrogen and oxygen atoms in total. The summed E-state index contributed by atoms with van der Waals surface area (Å²) < 4.78 is 27.7. The molecule has 0 saturated heterocycles. The molecule has 1 N–H and O–H groups in total. The first-order chi connectivity index (χ1) is 17.1. The second-order valence-electron chi connectivity index (χ2n) is 9.95. The molecular formula is C29H25FN2O4. The number of carbonyl (C=O) groups is 1. The molecule has 0 unspecified atom stereocenters. The van der Waals surface area contributed by atoms with Gasteiger partial charge in [0, 0.05) is 34.5 Å². The molecule has 3 aromatic carbocycles. The summed E-state index contributed by atoms with van der Waals surface area (Å²) in [6.07, 6.45) is 1.02. The Morgan fingerprint density at radius 2 is 2.00 bits per heavy atom. The Bertz CT molecular complexity index is 1590. The van der Waals surface area contributed by atoms with Gasteiger partial charge in [0.25, 0.3) is 0 Å². The molecule has 1 atom stereocenters. The SMILES string of the molecule is Cc1c([C@H](OC(C)(C)C)C(=O)O)c(-c2ccc3c4c(ccnc24)CCO3)c2ccc(C#N)cc2c1F. The Hall–Kier alpha value is -4.02. The standard InChI is InChI=1S/C29H25FN2O4/c1-15-22(27(28(33)34)36-29(2,3)4)24(18-6-5-16(14-31)13-20(18)25(15)30)19-7-8-21-23-17(10-12-35-21)9-11-32-26(19)23/h5-9,11,13,27H,10,12H2,1-4H3,(H,33,34)/t27-/m0/s1. The Kier molecular flexibility index (Phi) is 5.65. The minimum absolute atomic E-state index is 0.154. The molecule has 0 radical (unpaired) electrons. The number of aromatic nitrogens is 1. The van der Waals surface area contributed by atoms with Crippen LogP contribution >= 0.6 is 0 Å². The van der Waals surface area contributed by atoms with Crippen LogP contribution < -0.4 is 4.74 Å². The van der Waals surface area contributed by atoms with Gasteiger partial charge in [0.15, 0.2) is 6.10 Å². The molecule has 5 rings (SSSR count). The van der Waals surface area contributed by atoms with Gasteiger partial charge in [0.05, 0.1) is 29.4 Å². The lowest BCUT2D eigenvalue weighted by molar-refractivity contribution is -0.160. The predicted octanol–water partition coefficient (Wildman–Crippen LogP) is 6.25. The Labute approximate surface area is 207 Å². The molecule has 1 aliphatic rings. The van der Waals surface area contributed by atoms with E-state index < -0.39 is 23.5 Å². The zero-order chi connectivity index (χ0) is 25.8. The quantitative estimate of drug-likeness (QED) is 0.368. The van der Waals surface area contributed by atoms with Gasteiger partial charge in [-0.05, 0) is 80.1 Å². The summed E-state index contributed by atoms with van der Waals surface area (Å²) in [5, 5.41) is 21.3. The molecule has 2 heterocycles. The van der Waals surface area contributed by atoms with E-state index in [0.29, 0.717) is 39.9 Å². The number of nitrogens with zero attached hydrogens (tertiary/aromatic N) is 2. The summed E-state index contributed by atoms with van der Waals surface area (Å²) in [6.45, 7) is 7.39. The predicted molar refractivity (Wildman–Crippen MR) is 135 cm³/mol. The van der Waals surface area contributed by atoms with Crippen LogP contribution in [0.3, 0.4) is 0 Å². The van der Waals surface area contributed by atoms with Crippen molar-refractivity contribution >= 4 is 27.6 Å². The van der Waals surface area contributed by atoms with E-state index in [4.69, 9.17) is 9.47 Å². The molecule has 0 amide bonds. The molecule has 1 aliphatic heterocycles. The summed E-state index contributed by atoms with van der Waals surface area (Å²) in [6, 6.07) is 12.5. The molecule has 7 heteroatoms. The second kappa shape index (κ2) is 8.58. The van der Waals surface area contributed by atoms with Crippen molar-refractivity contribution < 1.29 is 23.8 Å². The largest absolute Gasteiger partial charge is 0.493 e. The van der Waals surface area contributed by atoms with E-state index in [2.05, 4.69) is 11.1 Å². The first-order valence-corrected chi connectivity index (χ1v) is 11.7. The number of carboxylic acid groups (broad SMARTS) is 1. The summed E-state index contributed by atoms with van der Waals surface area (Å²) >= 11 is 0. The number of rotatable bonds is 4. The van der Waals surface area contributed by atoms with Gasteiger partial charge in [0.2, 0.25) is 0 Å². The van der Waals surface area contributed by atoms with Crippen molar-refractivity contribution in [3.05, 3.63) is 70.7 Å². The number of halogens is 1. The number of fused-ring (bicyclic) bond motifs is 1. The van der Waals surface area contributed by atoms with Gasteiger partial charge in [-0.2, -0.15) is 5.26 Å². The van der Waals surface area contributed by atoms with Gasteiger partial charge in [0.1, 0.15) is 11.6 Å². The fourth-order valence-corrected chi connectivity index (χ4v) is 4.97. The van der Waals surface area contributed by atoms with Crippen LogP contribution in [0.15, 0.2) is 42.6 Å². The maximum Gasteiger partial charge on any atom is 0.337 e. The maximum atomic E-state index is 15.8. The number of carboxylic acids is 1. The smallest absolute Gasteiger partial charge is 0.337 e. The van der Waals surface area contributed by atoms with Gasteiger partial charge in [-0.25, -0.2) is 9.18 Å². The van der Waals surface area contributed by atoms with E-state index >= 15 is 4.39 Å². The van der Waals surface area contributed by atoms with Gasteiger partial charge >= 0.3 is 5.97 Å². The summed E-state index contributed by atoms with van der Waals surface area (Å²) in [7, 11) is 0. The molecule has 1 aromatic heterocycles. The Morgan fingerprint density at radius 3 is 2.69 bits per heavy atom. The molecule has 4 aromatic rings. The highest BCUT2D eigenvalue weighted by Crippen LogP contribution is 2.46. The number of nitriles is 1. The third-order valence-electron chi connectivity index (χ3n) is 6.45. The number of hydrogen-bond donors (Lipinski definition) is 1. The van der Waals surface area contributed by atoms with Crippen LogP contribution in [0.1, 0.15) is 49.1 Å². The first-order valence-electron chi connectivity index (χ1n) is 11.7. The fraction of sp³-hybridized carbons (Fsp3) is 0.276. The molecule has 36 heavy (non-hydrogen) atoms. The van der Waals surface area contributed by atoms with E-state index in [-0.39, 0.29) is 16.5 Å². The lowest BCUT2D eigenvalue weighted by Gasteiger charge is -2.29. The molecular weight excluding hydrogens is 459 g/mol. The lowest BCUT2D eigenvalue weighted by Crippen LogP contribution is -2.28. The average molecular weight is 485 g/mol. The maximum absolute atomic E-state index is 15.8. The van der Waals surface area contributed by atoms with E-state index in [1.54, 1.807) is 46.0 Å². The number of hydrogen-bond acceptors (Lipinski definition) is 5. The molecule has 0 bridgehead atoms. The van der Waals surface area contributed by atoms with Crippen LogP contribution in [-0.4, -0.2) is 28.3 Å². The van der Waals surface area contributed by atoms with Crippen LogP contribution in [0.5, 0.6) is 5.75 Å². The summed E-state index contributed by atoms with van der Waals surface area (Å²) in [5.74, 6) is -1.09. The van der Waals surface area contributed by atoms with Crippen molar-refractivity contribution in [2.75, 3.05) is 6.61 Å². The molecule has 0 spiro atoms. The molecule has 0 saturated carbocycles. The second-order valence-corrected chi connectivity index (χ2v) is 9.95. The van der Waals surface area contributed by atoms with Crippen molar-refractivity contribution in [1.82, 2.24) is 4.98 Å². The van der Waals surface area contributed by atoms with Crippen LogP contribution in [0.25, 0.3) is 32.8 Å². The normalized spacial score (nSPS) is 13.9. The van der Waals surface area contributed by atoms with E-state index in [1.807, 2.05) is 18.2 Å². The summed E-state index contributed by atoms with van der Waals surface area (Å²) in [4.78, 5) is 17.2. The van der Waals surface area contributed by atoms with Crippen LogP contribution in [-0.2, 0) is 16.0 Å². The number of benzene rings is 3. The highest BCUT2D eigenvalue weighted by molar-refractivity contribution is 6.09. The summed E-state index contributed by atoms with van der Waals surface area (Å²) in [5.41, 5.74) is 2.78. The van der Waals surface area contributed by atoms with Crippen molar-refractivity contribution in [2.24, 2.45) is 0 Å². The van der Waals surface area contributed by atoms with Crippen molar-refractivity contribution in [2.45, 2.75) is 45.8 Å². The lowest BCUT2D eigenvalue weighted by atomic mass is 9.84. The van der Waals surface area contributed by atoms with Gasteiger partial charge in [-0.1, -0.05) is 6.07 Å². The highest BCUT2D eigenvalue weighted by atomic mass is 19.1. The van der Waals surface area contributed by atoms with Gasteiger partial charge in [-0.15, -0.1) is 0 Å². The monoisotopic (exact) mass is 484 g/mol. The topological polar surface area (TPSA) is 92.4 Å². The molecule has 182 valence electrons. The zero-order valence-electron chi connectivity index (χ0n) is 20.5. The Balaban J connectivity index is 1.96. The van der Waals surface area contributed by atoms with Crippen molar-refractivity contribution in [1.29, 1.82) is 5.26 Å². The minimum Gasteiger partial charge on any atom is -0.493 e. The van der Waals surface area contributed by atoms with Crippen molar-refractivity contribution in [3.8, 4) is 22.9 Å². The minimum atomic E-state index is -1.43. The van der Waals surface area contributed by atoms with Crippen LogP contribution in [0.2, 0.25) is 0 Å². The van der Waals surface area contributed by atoms with Crippen LogP contribution in [0, 0.1) is 24.1 Å². The van der Waals surface area contributed by atoms with E-state index in [1.165, 1.54) is 6.07 Å². The third kappa shape index (κ3) is 3.84. The van der Waals surface area contributed by atoms with Gasteiger partial charge in [-0.3, -0.25) is 4.98 Å². The van der Waals surface area contributed by atoms with Crippen molar-refractivity contribution in [3.63, 3.8) is 0 Å². The highest BCUT2D eigenvalue weighted by Gasteiger charge is 2.34. The van der Waals surface area contributed by atoms with Gasteiger partial charge < -0.3 is 14.6 Å². The number of aliphatic carboxylic acids is 1. The number of ether oxygens (including phenoxy) is 2. The van der Waals surface area contributed by atoms with E-state index in [0.717, 1.165) is 17.4 Å².